The fourth-order valence-electron chi connectivity index (χ4n) is 5.91. The van der Waals surface area contributed by atoms with Crippen LogP contribution in [0, 0.1) is 29.5 Å². The first-order valence-corrected chi connectivity index (χ1v) is 11.6. The SMILES string of the molecule is CC(C(=O)Nc1ccc(C(F)(F)F)cn1)[C@@H]1CC2CC(c3ccnc4ccc(F)cc34)C[C@@H]2C1. The quantitative estimate of drug-likeness (QED) is 0.437. The Labute approximate surface area is 194 Å². The molecule has 2 aromatic heterocycles. The lowest BCUT2D eigenvalue weighted by Gasteiger charge is -2.21. The van der Waals surface area contributed by atoms with Gasteiger partial charge in [-0.3, -0.25) is 9.78 Å². The van der Waals surface area contributed by atoms with Gasteiger partial charge in [0.15, 0.2) is 0 Å². The first-order valence-electron chi connectivity index (χ1n) is 11.6. The number of halogens is 4. The van der Waals surface area contributed by atoms with Gasteiger partial charge in [0, 0.05) is 23.7 Å². The highest BCUT2D eigenvalue weighted by Crippen LogP contribution is 2.54. The van der Waals surface area contributed by atoms with Gasteiger partial charge in [-0.25, -0.2) is 9.37 Å². The third-order valence-electron chi connectivity index (χ3n) is 7.69. The second-order valence-corrected chi connectivity index (χ2v) is 9.69. The summed E-state index contributed by atoms with van der Waals surface area (Å²) in [5, 5.41) is 3.54. The molecule has 0 bridgehead atoms. The maximum absolute atomic E-state index is 13.9. The van der Waals surface area contributed by atoms with Crippen molar-refractivity contribution in [2.24, 2.45) is 23.7 Å². The zero-order valence-electron chi connectivity index (χ0n) is 18.6. The van der Waals surface area contributed by atoms with E-state index in [1.54, 1.807) is 18.3 Å². The van der Waals surface area contributed by atoms with E-state index in [9.17, 15) is 22.4 Å². The first kappa shape index (κ1) is 22.7. The lowest BCUT2D eigenvalue weighted by molar-refractivity contribution is -0.137. The van der Waals surface area contributed by atoms with Gasteiger partial charge in [0.05, 0.1) is 11.1 Å². The summed E-state index contributed by atoms with van der Waals surface area (Å²) in [4.78, 5) is 20.9. The van der Waals surface area contributed by atoms with E-state index in [-0.39, 0.29) is 29.4 Å². The highest BCUT2D eigenvalue weighted by atomic mass is 19.4. The molecule has 2 fully saturated rings. The summed E-state index contributed by atoms with van der Waals surface area (Å²) in [5.74, 6) is 0.967. The van der Waals surface area contributed by atoms with Crippen LogP contribution < -0.4 is 5.32 Å². The van der Waals surface area contributed by atoms with Crippen LogP contribution in [0.15, 0.2) is 48.8 Å². The summed E-state index contributed by atoms with van der Waals surface area (Å²) in [6, 6.07) is 8.81. The van der Waals surface area contributed by atoms with Crippen LogP contribution in [0.5, 0.6) is 0 Å². The molecule has 2 saturated carbocycles. The number of nitrogens with zero attached hydrogens (tertiary/aromatic N) is 2. The Morgan fingerprint density at radius 1 is 1.03 bits per heavy atom. The van der Waals surface area contributed by atoms with Gasteiger partial charge in [-0.2, -0.15) is 13.2 Å². The standard InChI is InChI=1S/C26H25F4N3O/c1-14(25(34)33-24-5-2-19(13-32-24)26(28,29)30)15-8-16-10-18(11-17(16)9-15)21-6-7-31-23-4-3-20(27)12-22(21)23/h2-7,12-18H,8-11H2,1H3,(H,32,33,34)/t14?,15-,16-,17?,18?/m0/s1. The predicted molar refractivity (Wildman–Crippen MR) is 120 cm³/mol. The number of anilines is 1. The van der Waals surface area contributed by atoms with Crippen molar-refractivity contribution < 1.29 is 22.4 Å². The molecule has 3 unspecified atom stereocenters. The van der Waals surface area contributed by atoms with Gasteiger partial charge in [-0.05, 0) is 91.3 Å². The smallest absolute Gasteiger partial charge is 0.310 e. The Bertz CT molecular complexity index is 1200. The molecule has 3 aromatic rings. The molecule has 2 aliphatic rings. The monoisotopic (exact) mass is 471 g/mol. The van der Waals surface area contributed by atoms with Crippen LogP contribution in [0.3, 0.4) is 0 Å². The molecule has 2 aliphatic carbocycles. The summed E-state index contributed by atoms with van der Waals surface area (Å²) < 4.78 is 52.0. The Kier molecular flexibility index (Phi) is 5.78. The highest BCUT2D eigenvalue weighted by Gasteiger charge is 2.44. The van der Waals surface area contributed by atoms with Crippen LogP contribution in [0.25, 0.3) is 10.9 Å². The van der Waals surface area contributed by atoms with Crippen molar-refractivity contribution in [3.05, 3.63) is 65.7 Å². The number of alkyl halides is 3. The minimum absolute atomic E-state index is 0.125. The molecule has 0 aliphatic heterocycles. The third kappa shape index (κ3) is 4.38. The second-order valence-electron chi connectivity index (χ2n) is 9.69. The van der Waals surface area contributed by atoms with Crippen molar-refractivity contribution in [2.45, 2.75) is 44.7 Å². The van der Waals surface area contributed by atoms with Crippen LogP contribution in [0.1, 0.15) is 49.7 Å². The van der Waals surface area contributed by atoms with E-state index in [1.165, 1.54) is 12.1 Å². The van der Waals surface area contributed by atoms with Gasteiger partial charge in [-0.15, -0.1) is 0 Å². The van der Waals surface area contributed by atoms with Crippen molar-refractivity contribution in [2.75, 3.05) is 5.32 Å². The number of aromatic nitrogens is 2. The van der Waals surface area contributed by atoms with Crippen molar-refractivity contribution in [3.8, 4) is 0 Å². The first-order chi connectivity index (χ1) is 16.2. The van der Waals surface area contributed by atoms with Crippen molar-refractivity contribution in [3.63, 3.8) is 0 Å². The number of fused-ring (bicyclic) bond motifs is 2. The number of hydrogen-bond acceptors (Lipinski definition) is 3. The van der Waals surface area contributed by atoms with Gasteiger partial charge in [0.1, 0.15) is 11.6 Å². The molecule has 0 radical (unpaired) electrons. The molecule has 0 saturated heterocycles. The maximum Gasteiger partial charge on any atom is 0.417 e. The molecule has 1 aromatic carbocycles. The molecule has 8 heteroatoms. The van der Waals surface area contributed by atoms with Gasteiger partial charge >= 0.3 is 6.18 Å². The predicted octanol–water partition coefficient (Wildman–Crippen LogP) is 6.58. The molecule has 0 spiro atoms. The van der Waals surface area contributed by atoms with E-state index in [1.807, 2.05) is 13.0 Å². The minimum atomic E-state index is -4.46. The van der Waals surface area contributed by atoms with Crippen LogP contribution in [0.4, 0.5) is 23.4 Å². The zero-order valence-corrected chi connectivity index (χ0v) is 18.6. The van der Waals surface area contributed by atoms with Crippen molar-refractivity contribution >= 4 is 22.6 Å². The Hall–Kier alpha value is -3.03. The van der Waals surface area contributed by atoms with E-state index in [2.05, 4.69) is 15.3 Å². The topological polar surface area (TPSA) is 54.9 Å². The van der Waals surface area contributed by atoms with Crippen molar-refractivity contribution in [1.29, 1.82) is 0 Å². The normalized spacial score (nSPS) is 25.3. The number of carbonyl (C=O) groups is 1. The summed E-state index contributed by atoms with van der Waals surface area (Å²) in [7, 11) is 0. The fraction of sp³-hybridized carbons (Fsp3) is 0.423. The van der Waals surface area contributed by atoms with Gasteiger partial charge in [0.25, 0.3) is 0 Å². The molecule has 4 nitrogen and oxygen atoms in total. The maximum atomic E-state index is 13.9. The molecular weight excluding hydrogens is 446 g/mol. The van der Waals surface area contributed by atoms with E-state index < -0.39 is 11.7 Å². The number of hydrogen-bond donors (Lipinski definition) is 1. The molecule has 2 heterocycles. The number of nitrogens with one attached hydrogen (secondary N) is 1. The molecule has 178 valence electrons. The number of rotatable bonds is 4. The van der Waals surface area contributed by atoms with Gasteiger partial charge in [0.2, 0.25) is 5.91 Å². The summed E-state index contributed by atoms with van der Waals surface area (Å²) in [6.07, 6.45) is 1.95. The highest BCUT2D eigenvalue weighted by molar-refractivity contribution is 5.91. The number of benzene rings is 1. The van der Waals surface area contributed by atoms with Gasteiger partial charge in [-0.1, -0.05) is 6.92 Å². The van der Waals surface area contributed by atoms with Crippen molar-refractivity contribution in [1.82, 2.24) is 9.97 Å². The Balaban J connectivity index is 1.21. The average molecular weight is 471 g/mol. The summed E-state index contributed by atoms with van der Waals surface area (Å²) in [5.41, 5.74) is 1.10. The number of amides is 1. The number of carbonyl (C=O) groups excluding carboxylic acids is 1. The largest absolute Gasteiger partial charge is 0.417 e. The third-order valence-corrected chi connectivity index (χ3v) is 7.69. The Morgan fingerprint density at radius 2 is 1.76 bits per heavy atom. The lowest BCUT2D eigenvalue weighted by Crippen LogP contribution is -2.26. The van der Waals surface area contributed by atoms with Crippen LogP contribution in [-0.2, 0) is 11.0 Å². The molecular formula is C26H25F4N3O. The Morgan fingerprint density at radius 3 is 2.41 bits per heavy atom. The molecule has 1 N–H and O–H groups in total. The minimum Gasteiger partial charge on any atom is -0.310 e. The summed E-state index contributed by atoms with van der Waals surface area (Å²) >= 11 is 0. The summed E-state index contributed by atoms with van der Waals surface area (Å²) in [6.45, 7) is 1.88. The van der Waals surface area contributed by atoms with E-state index in [4.69, 9.17) is 0 Å². The second kappa shape index (κ2) is 8.64. The van der Waals surface area contributed by atoms with E-state index in [0.717, 1.165) is 54.4 Å². The van der Waals surface area contributed by atoms with Crippen LogP contribution >= 0.6 is 0 Å². The molecule has 5 rings (SSSR count). The number of pyridine rings is 2. The lowest BCUT2D eigenvalue weighted by atomic mass is 9.86. The van der Waals surface area contributed by atoms with Gasteiger partial charge < -0.3 is 5.32 Å². The molecule has 5 atom stereocenters. The van der Waals surface area contributed by atoms with Crippen LogP contribution in [0.2, 0.25) is 0 Å². The van der Waals surface area contributed by atoms with Crippen LogP contribution in [-0.4, -0.2) is 15.9 Å². The molecule has 1 amide bonds. The fourth-order valence-corrected chi connectivity index (χ4v) is 5.91. The molecule has 34 heavy (non-hydrogen) atoms. The van der Waals surface area contributed by atoms with E-state index in [0.29, 0.717) is 17.8 Å². The zero-order chi connectivity index (χ0) is 24.0. The van der Waals surface area contributed by atoms with E-state index >= 15 is 0 Å². The average Bonchev–Trinajstić information content (AvgIpc) is 3.37.